The van der Waals surface area contributed by atoms with Crippen LogP contribution in [0.15, 0.2) is 18.2 Å². The van der Waals surface area contributed by atoms with Gasteiger partial charge in [0.15, 0.2) is 6.61 Å². The van der Waals surface area contributed by atoms with Gasteiger partial charge in [0, 0.05) is 6.07 Å². The van der Waals surface area contributed by atoms with E-state index in [-0.39, 0.29) is 16.9 Å². The molecule has 88 valence electrons. The summed E-state index contributed by atoms with van der Waals surface area (Å²) in [6.07, 6.45) is 0. The van der Waals surface area contributed by atoms with Crippen LogP contribution < -0.4 is 5.48 Å². The molecule has 0 fully saturated rings. The van der Waals surface area contributed by atoms with Gasteiger partial charge in [0.2, 0.25) is 0 Å². The number of aliphatic carboxylic acids is 1. The summed E-state index contributed by atoms with van der Waals surface area (Å²) in [4.78, 5) is 24.5. The molecular weight excluding hydrogens is 230 g/mol. The number of nitro benzene ring substituents is 1. The maximum Gasteiger partial charge on any atom is 0.332 e. The van der Waals surface area contributed by atoms with Crippen molar-refractivity contribution in [1.82, 2.24) is 0 Å². The molecule has 0 radical (unpaired) electrons. The van der Waals surface area contributed by atoms with E-state index in [1.54, 1.807) is 6.07 Å². The van der Waals surface area contributed by atoms with Crippen LogP contribution in [0.4, 0.5) is 11.4 Å². The van der Waals surface area contributed by atoms with Crippen molar-refractivity contribution in [2.24, 2.45) is 0 Å². The van der Waals surface area contributed by atoms with Crippen LogP contribution in [0.25, 0.3) is 0 Å². The second-order valence-corrected chi connectivity index (χ2v) is 2.89. The van der Waals surface area contributed by atoms with Crippen LogP contribution in [0.2, 0.25) is 0 Å². The van der Waals surface area contributed by atoms with Crippen LogP contribution in [0.3, 0.4) is 0 Å². The fraction of sp³-hybridized carbons (Fsp3) is 0.111. The molecule has 0 amide bonds. The zero-order valence-electron chi connectivity index (χ0n) is 8.41. The van der Waals surface area contributed by atoms with Crippen LogP contribution in [-0.2, 0) is 9.63 Å². The van der Waals surface area contributed by atoms with Gasteiger partial charge in [-0.05, 0) is 12.1 Å². The fourth-order valence-electron chi connectivity index (χ4n) is 1.03. The van der Waals surface area contributed by atoms with Gasteiger partial charge in [-0.2, -0.15) is 5.26 Å². The lowest BCUT2D eigenvalue weighted by atomic mass is 10.2. The van der Waals surface area contributed by atoms with E-state index in [9.17, 15) is 14.9 Å². The zero-order valence-corrected chi connectivity index (χ0v) is 8.41. The molecule has 0 aliphatic rings. The first-order chi connectivity index (χ1) is 8.04. The molecule has 0 aliphatic heterocycles. The van der Waals surface area contributed by atoms with Crippen LogP contribution in [0.1, 0.15) is 5.56 Å². The number of nitriles is 1. The van der Waals surface area contributed by atoms with Gasteiger partial charge in [-0.1, -0.05) is 0 Å². The number of carbonyl (C=O) groups is 1. The maximum atomic E-state index is 10.5. The summed E-state index contributed by atoms with van der Waals surface area (Å²) in [7, 11) is 0. The van der Waals surface area contributed by atoms with Crippen molar-refractivity contribution < 1.29 is 19.7 Å². The summed E-state index contributed by atoms with van der Waals surface area (Å²) < 4.78 is 0. The molecule has 0 bridgehead atoms. The largest absolute Gasteiger partial charge is 0.479 e. The lowest BCUT2D eigenvalue weighted by Crippen LogP contribution is -2.11. The Balaban J connectivity index is 2.80. The van der Waals surface area contributed by atoms with Gasteiger partial charge in [-0.3, -0.25) is 20.4 Å². The summed E-state index contributed by atoms with van der Waals surface area (Å²) in [5, 5.41) is 27.5. The maximum absolute atomic E-state index is 10.5. The summed E-state index contributed by atoms with van der Waals surface area (Å²) >= 11 is 0. The molecule has 0 unspecified atom stereocenters. The average molecular weight is 237 g/mol. The Kier molecular flexibility index (Phi) is 3.96. The molecule has 0 aromatic heterocycles. The normalized spacial score (nSPS) is 9.35. The lowest BCUT2D eigenvalue weighted by molar-refractivity contribution is -0.385. The molecule has 1 aromatic rings. The Morgan fingerprint density at radius 1 is 1.65 bits per heavy atom. The van der Waals surface area contributed by atoms with Gasteiger partial charge < -0.3 is 5.11 Å². The Labute approximate surface area is 95.1 Å². The summed E-state index contributed by atoms with van der Waals surface area (Å²) in [5.74, 6) is -1.17. The topological polar surface area (TPSA) is 125 Å². The molecule has 0 heterocycles. The third kappa shape index (κ3) is 3.44. The molecule has 8 heteroatoms. The monoisotopic (exact) mass is 237 g/mol. The standard InChI is InChI=1S/C9H7N3O5/c10-4-6-3-7(11-17-5-9(13)14)1-2-8(6)12(15)16/h1-3,11H,5H2,(H,13,14). The van der Waals surface area contributed by atoms with Gasteiger partial charge in [0.1, 0.15) is 11.6 Å². The van der Waals surface area contributed by atoms with E-state index in [0.29, 0.717) is 0 Å². The van der Waals surface area contributed by atoms with E-state index < -0.39 is 17.5 Å². The first-order valence-electron chi connectivity index (χ1n) is 4.32. The molecule has 0 aliphatic carbocycles. The van der Waals surface area contributed by atoms with Crippen molar-refractivity contribution >= 4 is 17.3 Å². The van der Waals surface area contributed by atoms with Crippen LogP contribution in [0.5, 0.6) is 0 Å². The second-order valence-electron chi connectivity index (χ2n) is 2.89. The quantitative estimate of drug-likeness (QED) is 0.575. The molecule has 0 saturated heterocycles. The van der Waals surface area contributed by atoms with Gasteiger partial charge in [0.25, 0.3) is 5.69 Å². The third-order valence-corrected chi connectivity index (χ3v) is 1.70. The Morgan fingerprint density at radius 2 is 2.35 bits per heavy atom. The number of carboxylic acid groups (broad SMARTS) is 1. The van der Waals surface area contributed by atoms with Crippen molar-refractivity contribution in [1.29, 1.82) is 5.26 Å². The smallest absolute Gasteiger partial charge is 0.332 e. The van der Waals surface area contributed by atoms with Gasteiger partial charge in [0.05, 0.1) is 10.6 Å². The molecule has 0 saturated carbocycles. The highest BCUT2D eigenvalue weighted by Gasteiger charge is 2.13. The van der Waals surface area contributed by atoms with Crippen LogP contribution in [0, 0.1) is 21.4 Å². The Bertz CT molecular complexity index is 494. The highest BCUT2D eigenvalue weighted by Crippen LogP contribution is 2.21. The predicted octanol–water partition coefficient (Wildman–Crippen LogP) is 0.895. The van der Waals surface area contributed by atoms with Gasteiger partial charge in [-0.15, -0.1) is 0 Å². The number of hydrogen-bond acceptors (Lipinski definition) is 6. The fourth-order valence-corrected chi connectivity index (χ4v) is 1.03. The molecule has 0 atom stereocenters. The van der Waals surface area contributed by atoms with Gasteiger partial charge in [-0.25, -0.2) is 4.79 Å². The highest BCUT2D eigenvalue weighted by molar-refractivity contribution is 5.68. The Hall–Kier alpha value is -2.66. The third-order valence-electron chi connectivity index (χ3n) is 1.70. The lowest BCUT2D eigenvalue weighted by Gasteiger charge is -2.04. The summed E-state index contributed by atoms with van der Waals surface area (Å²) in [6, 6.07) is 5.29. The van der Waals surface area contributed by atoms with Crippen LogP contribution >= 0.6 is 0 Å². The zero-order chi connectivity index (χ0) is 12.8. The minimum absolute atomic E-state index is 0.140. The van der Waals surface area contributed by atoms with E-state index in [1.807, 2.05) is 0 Å². The Morgan fingerprint density at radius 3 is 2.88 bits per heavy atom. The molecule has 17 heavy (non-hydrogen) atoms. The summed E-state index contributed by atoms with van der Waals surface area (Å²) in [6.45, 7) is -0.571. The van der Waals surface area contributed by atoms with Crippen molar-refractivity contribution in [3.05, 3.63) is 33.9 Å². The second kappa shape index (κ2) is 5.43. The molecular formula is C9H7N3O5. The number of nitrogens with one attached hydrogen (secondary N) is 1. The van der Waals surface area contributed by atoms with E-state index >= 15 is 0 Å². The van der Waals surface area contributed by atoms with Crippen molar-refractivity contribution in [3.8, 4) is 6.07 Å². The molecule has 1 aromatic carbocycles. The number of rotatable bonds is 5. The number of nitro groups is 1. The van der Waals surface area contributed by atoms with Crippen molar-refractivity contribution in [2.75, 3.05) is 12.1 Å². The van der Waals surface area contributed by atoms with Crippen LogP contribution in [-0.4, -0.2) is 22.6 Å². The first kappa shape index (κ1) is 12.4. The van der Waals surface area contributed by atoms with Crippen molar-refractivity contribution in [2.45, 2.75) is 0 Å². The summed E-state index contributed by atoms with van der Waals surface area (Å²) in [5.41, 5.74) is 2.06. The SMILES string of the molecule is N#Cc1cc(NOCC(=O)O)ccc1[N+](=O)[O-]. The number of carboxylic acids is 1. The molecule has 1 rings (SSSR count). The minimum atomic E-state index is -1.17. The van der Waals surface area contributed by atoms with E-state index in [2.05, 4.69) is 10.3 Å². The number of benzene rings is 1. The van der Waals surface area contributed by atoms with E-state index in [4.69, 9.17) is 10.4 Å². The van der Waals surface area contributed by atoms with E-state index in [0.717, 1.165) is 6.07 Å². The number of anilines is 1. The highest BCUT2D eigenvalue weighted by atomic mass is 16.7. The first-order valence-corrected chi connectivity index (χ1v) is 4.32. The molecule has 2 N–H and O–H groups in total. The van der Waals surface area contributed by atoms with Crippen molar-refractivity contribution in [3.63, 3.8) is 0 Å². The predicted molar refractivity (Wildman–Crippen MR) is 55.0 cm³/mol. The average Bonchev–Trinajstić information content (AvgIpc) is 2.28. The van der Waals surface area contributed by atoms with E-state index in [1.165, 1.54) is 12.1 Å². The number of nitrogens with zero attached hydrogens (tertiary/aromatic N) is 2. The van der Waals surface area contributed by atoms with Gasteiger partial charge >= 0.3 is 5.97 Å². The molecule has 8 nitrogen and oxygen atoms in total. The molecule has 0 spiro atoms. The number of hydrogen-bond donors (Lipinski definition) is 2. The minimum Gasteiger partial charge on any atom is -0.479 e.